The van der Waals surface area contributed by atoms with Crippen LogP contribution in [-0.4, -0.2) is 5.91 Å². The van der Waals surface area contributed by atoms with Crippen LogP contribution in [0.2, 0.25) is 0 Å². The Labute approximate surface area is 97.2 Å². The number of anilines is 1. The number of nitrogens with one attached hydrogen (secondary N) is 1. The molecule has 5 heteroatoms. The number of furan rings is 1. The van der Waals surface area contributed by atoms with E-state index in [1.807, 2.05) is 6.07 Å². The molecule has 0 bridgehead atoms. The standard InChI is InChI=1S/C12H11FN2O2/c13-11-4-3-8(6-10(11)12(14)16)15-7-9-2-1-5-17-9/h1-6,15H,7H2,(H2,14,16). The highest BCUT2D eigenvalue weighted by molar-refractivity contribution is 5.94. The fourth-order valence-corrected chi connectivity index (χ4v) is 1.43. The van der Waals surface area contributed by atoms with Crippen LogP contribution in [0.25, 0.3) is 0 Å². The molecule has 1 amide bonds. The molecule has 2 aromatic rings. The number of amides is 1. The number of nitrogens with two attached hydrogens (primary N) is 1. The van der Waals surface area contributed by atoms with Crippen molar-refractivity contribution >= 4 is 11.6 Å². The summed E-state index contributed by atoms with van der Waals surface area (Å²) in [5.74, 6) is -0.667. The molecule has 0 aliphatic heterocycles. The zero-order chi connectivity index (χ0) is 12.3. The van der Waals surface area contributed by atoms with Gasteiger partial charge < -0.3 is 15.5 Å². The lowest BCUT2D eigenvalue weighted by Gasteiger charge is -2.06. The molecule has 0 saturated carbocycles. The highest BCUT2D eigenvalue weighted by Gasteiger charge is 2.08. The highest BCUT2D eigenvalue weighted by Crippen LogP contribution is 2.15. The van der Waals surface area contributed by atoms with Gasteiger partial charge in [0, 0.05) is 5.69 Å². The molecule has 1 aromatic carbocycles. The van der Waals surface area contributed by atoms with Gasteiger partial charge in [0.15, 0.2) is 0 Å². The van der Waals surface area contributed by atoms with Crippen LogP contribution in [0.15, 0.2) is 41.0 Å². The molecule has 0 unspecified atom stereocenters. The molecule has 0 aliphatic carbocycles. The molecule has 0 aliphatic rings. The second kappa shape index (κ2) is 4.69. The van der Waals surface area contributed by atoms with Gasteiger partial charge in [-0.3, -0.25) is 4.79 Å². The topological polar surface area (TPSA) is 68.3 Å². The van der Waals surface area contributed by atoms with Crippen LogP contribution in [0, 0.1) is 5.82 Å². The minimum Gasteiger partial charge on any atom is -0.467 e. The summed E-state index contributed by atoms with van der Waals surface area (Å²) >= 11 is 0. The normalized spacial score (nSPS) is 10.2. The number of carbonyl (C=O) groups excluding carboxylic acids is 1. The first-order valence-electron chi connectivity index (χ1n) is 5.02. The molecule has 17 heavy (non-hydrogen) atoms. The van der Waals surface area contributed by atoms with Gasteiger partial charge in [-0.05, 0) is 30.3 Å². The van der Waals surface area contributed by atoms with Crippen molar-refractivity contribution in [2.75, 3.05) is 5.32 Å². The van der Waals surface area contributed by atoms with Crippen LogP contribution in [0.5, 0.6) is 0 Å². The monoisotopic (exact) mass is 234 g/mol. The molecule has 0 saturated heterocycles. The molecule has 3 N–H and O–H groups in total. The predicted molar refractivity (Wildman–Crippen MR) is 61.0 cm³/mol. The molecule has 1 aromatic heterocycles. The Balaban J connectivity index is 2.11. The lowest BCUT2D eigenvalue weighted by molar-refractivity contribution is 0.0996. The lowest BCUT2D eigenvalue weighted by atomic mass is 10.2. The SMILES string of the molecule is NC(=O)c1cc(NCc2ccco2)ccc1F. The van der Waals surface area contributed by atoms with Crippen molar-refractivity contribution in [1.29, 1.82) is 0 Å². The maximum atomic E-state index is 13.2. The Morgan fingerprint density at radius 1 is 1.41 bits per heavy atom. The molecular formula is C12H11FN2O2. The number of benzene rings is 1. The number of hydrogen-bond donors (Lipinski definition) is 2. The third-order valence-electron chi connectivity index (χ3n) is 2.28. The summed E-state index contributed by atoms with van der Waals surface area (Å²) in [4.78, 5) is 10.9. The Bertz CT molecular complexity index is 523. The second-order valence-corrected chi connectivity index (χ2v) is 3.49. The fourth-order valence-electron chi connectivity index (χ4n) is 1.43. The minimum absolute atomic E-state index is 0.130. The van der Waals surface area contributed by atoms with Gasteiger partial charge in [-0.1, -0.05) is 0 Å². The smallest absolute Gasteiger partial charge is 0.251 e. The molecule has 0 fully saturated rings. The number of primary amides is 1. The van der Waals surface area contributed by atoms with Gasteiger partial charge in [0.1, 0.15) is 11.6 Å². The van der Waals surface area contributed by atoms with Gasteiger partial charge in [-0.25, -0.2) is 4.39 Å². The van der Waals surface area contributed by atoms with Gasteiger partial charge in [0.2, 0.25) is 0 Å². The van der Waals surface area contributed by atoms with Gasteiger partial charge in [0.25, 0.3) is 5.91 Å². The van der Waals surface area contributed by atoms with Crippen molar-refractivity contribution < 1.29 is 13.6 Å². The van der Waals surface area contributed by atoms with Crippen molar-refractivity contribution in [2.24, 2.45) is 5.73 Å². The maximum Gasteiger partial charge on any atom is 0.251 e. The average molecular weight is 234 g/mol. The van der Waals surface area contributed by atoms with Crippen molar-refractivity contribution in [3.8, 4) is 0 Å². The Kier molecular flexibility index (Phi) is 3.09. The minimum atomic E-state index is -0.788. The zero-order valence-electron chi connectivity index (χ0n) is 8.94. The molecule has 4 nitrogen and oxygen atoms in total. The summed E-state index contributed by atoms with van der Waals surface area (Å²) in [6.45, 7) is 0.455. The zero-order valence-corrected chi connectivity index (χ0v) is 8.94. The number of hydrogen-bond acceptors (Lipinski definition) is 3. The van der Waals surface area contributed by atoms with Gasteiger partial charge in [-0.15, -0.1) is 0 Å². The van der Waals surface area contributed by atoms with Gasteiger partial charge in [0.05, 0.1) is 18.4 Å². The first kappa shape index (κ1) is 11.2. The van der Waals surface area contributed by atoms with Gasteiger partial charge in [-0.2, -0.15) is 0 Å². The van der Waals surface area contributed by atoms with E-state index in [4.69, 9.17) is 10.2 Å². The summed E-state index contributed by atoms with van der Waals surface area (Å²) in [6, 6.07) is 7.69. The molecule has 0 radical (unpaired) electrons. The van der Waals surface area contributed by atoms with E-state index in [1.54, 1.807) is 12.3 Å². The quantitative estimate of drug-likeness (QED) is 0.851. The van der Waals surface area contributed by atoms with Crippen molar-refractivity contribution in [1.82, 2.24) is 0 Å². The third kappa shape index (κ3) is 2.63. The van der Waals surface area contributed by atoms with Crippen LogP contribution in [0.1, 0.15) is 16.1 Å². The molecule has 0 spiro atoms. The second-order valence-electron chi connectivity index (χ2n) is 3.49. The predicted octanol–water partition coefficient (Wildman–Crippen LogP) is 2.13. The summed E-state index contributed by atoms with van der Waals surface area (Å²) in [6.07, 6.45) is 1.57. The summed E-state index contributed by atoms with van der Waals surface area (Å²) in [5.41, 5.74) is 5.53. The van der Waals surface area contributed by atoms with E-state index in [0.717, 1.165) is 5.76 Å². The number of rotatable bonds is 4. The first-order valence-corrected chi connectivity index (χ1v) is 5.02. The highest BCUT2D eigenvalue weighted by atomic mass is 19.1. The van der Waals surface area contributed by atoms with E-state index >= 15 is 0 Å². The number of carbonyl (C=O) groups is 1. The summed E-state index contributed by atoms with van der Waals surface area (Å²) in [7, 11) is 0. The molecule has 88 valence electrons. The molecule has 1 heterocycles. The van der Waals surface area contributed by atoms with E-state index in [2.05, 4.69) is 5.32 Å². The van der Waals surface area contributed by atoms with Crippen LogP contribution in [-0.2, 0) is 6.54 Å². The first-order chi connectivity index (χ1) is 8.16. The van der Waals surface area contributed by atoms with E-state index in [9.17, 15) is 9.18 Å². The fraction of sp³-hybridized carbons (Fsp3) is 0.0833. The molecule has 0 atom stereocenters. The summed E-state index contributed by atoms with van der Waals surface area (Å²) < 4.78 is 18.3. The van der Waals surface area contributed by atoms with E-state index in [0.29, 0.717) is 12.2 Å². The van der Waals surface area contributed by atoms with Gasteiger partial charge >= 0.3 is 0 Å². The Morgan fingerprint density at radius 2 is 2.24 bits per heavy atom. The molecular weight excluding hydrogens is 223 g/mol. The maximum absolute atomic E-state index is 13.2. The van der Waals surface area contributed by atoms with E-state index < -0.39 is 11.7 Å². The van der Waals surface area contributed by atoms with Crippen LogP contribution < -0.4 is 11.1 Å². The lowest BCUT2D eigenvalue weighted by Crippen LogP contribution is -2.13. The van der Waals surface area contributed by atoms with E-state index in [-0.39, 0.29) is 5.56 Å². The largest absolute Gasteiger partial charge is 0.467 e. The van der Waals surface area contributed by atoms with Crippen molar-refractivity contribution in [2.45, 2.75) is 6.54 Å². The van der Waals surface area contributed by atoms with Crippen LogP contribution in [0.4, 0.5) is 10.1 Å². The van der Waals surface area contributed by atoms with Crippen LogP contribution in [0.3, 0.4) is 0 Å². The van der Waals surface area contributed by atoms with Crippen LogP contribution >= 0.6 is 0 Å². The number of halogens is 1. The summed E-state index contributed by atoms with van der Waals surface area (Å²) in [5, 5.41) is 3.00. The van der Waals surface area contributed by atoms with E-state index in [1.165, 1.54) is 18.2 Å². The average Bonchev–Trinajstić information content (AvgIpc) is 2.80. The van der Waals surface area contributed by atoms with Crippen molar-refractivity contribution in [3.05, 3.63) is 53.7 Å². The Hall–Kier alpha value is -2.30. The third-order valence-corrected chi connectivity index (χ3v) is 2.28. The Morgan fingerprint density at radius 3 is 2.88 bits per heavy atom. The van der Waals surface area contributed by atoms with Crippen molar-refractivity contribution in [3.63, 3.8) is 0 Å². The molecule has 2 rings (SSSR count).